The fraction of sp³-hybridized carbons (Fsp3) is 0.436. The first-order valence-corrected chi connectivity index (χ1v) is 16.9. The van der Waals surface area contributed by atoms with E-state index in [1.54, 1.807) is 12.0 Å². The van der Waals surface area contributed by atoms with Crippen molar-refractivity contribution in [2.45, 2.75) is 77.1 Å². The Bertz CT molecular complexity index is 1700. The first-order chi connectivity index (χ1) is 22.6. The van der Waals surface area contributed by atoms with Crippen molar-refractivity contribution in [3.05, 3.63) is 90.1 Å². The predicted octanol–water partition coefficient (Wildman–Crippen LogP) is 7.46. The van der Waals surface area contributed by atoms with E-state index in [1.165, 1.54) is 10.9 Å². The number of carbonyl (C=O) groups is 2. The molecule has 0 bridgehead atoms. The lowest BCUT2D eigenvalue weighted by molar-refractivity contribution is -0.139. The number of nitrogens with zero attached hydrogens (tertiary/aromatic N) is 3. The smallest absolute Gasteiger partial charge is 0.410 e. The van der Waals surface area contributed by atoms with E-state index in [1.807, 2.05) is 45.0 Å². The van der Waals surface area contributed by atoms with E-state index < -0.39 is 11.5 Å². The summed E-state index contributed by atoms with van der Waals surface area (Å²) in [7, 11) is 1.73. The molecule has 1 aromatic heterocycles. The highest BCUT2D eigenvalue weighted by Gasteiger charge is 2.43. The molecule has 0 radical (unpaired) electrons. The van der Waals surface area contributed by atoms with Gasteiger partial charge in [0.1, 0.15) is 5.60 Å². The zero-order valence-corrected chi connectivity index (χ0v) is 28.2. The summed E-state index contributed by atoms with van der Waals surface area (Å²) in [4.78, 5) is 32.0. The van der Waals surface area contributed by atoms with Crippen LogP contribution < -0.4 is 5.73 Å². The number of hydrogen-bond acceptors (Lipinski definition) is 5. The van der Waals surface area contributed by atoms with Crippen molar-refractivity contribution in [2.75, 3.05) is 32.5 Å². The lowest BCUT2D eigenvalue weighted by Gasteiger charge is -2.40. The summed E-state index contributed by atoms with van der Waals surface area (Å²) in [5.41, 5.74) is 11.7. The maximum atomic E-state index is 14.9. The molecule has 0 spiro atoms. The molecule has 2 atom stereocenters. The first kappa shape index (κ1) is 32.6. The van der Waals surface area contributed by atoms with Crippen LogP contribution >= 0.6 is 0 Å². The second-order valence-electron chi connectivity index (χ2n) is 14.1. The van der Waals surface area contributed by atoms with E-state index in [-0.39, 0.29) is 24.0 Å². The van der Waals surface area contributed by atoms with Crippen LogP contribution in [0.25, 0.3) is 22.0 Å². The number of anilines is 1. The van der Waals surface area contributed by atoms with Crippen LogP contribution in [0.15, 0.2) is 79.0 Å². The average Bonchev–Trinajstić information content (AvgIpc) is 3.85. The molecule has 2 N–H and O–H groups in total. The largest absolute Gasteiger partial charge is 0.444 e. The van der Waals surface area contributed by atoms with Gasteiger partial charge in [0.15, 0.2) is 0 Å². The summed E-state index contributed by atoms with van der Waals surface area (Å²) >= 11 is 0. The predicted molar refractivity (Wildman–Crippen MR) is 187 cm³/mol. The van der Waals surface area contributed by atoms with Gasteiger partial charge in [-0.25, -0.2) is 4.79 Å². The second kappa shape index (κ2) is 13.8. The molecule has 6 rings (SSSR count). The van der Waals surface area contributed by atoms with Crippen molar-refractivity contribution in [3.63, 3.8) is 0 Å². The number of methoxy groups -OCH3 is 1. The molecule has 47 heavy (non-hydrogen) atoms. The summed E-state index contributed by atoms with van der Waals surface area (Å²) in [6.07, 6.45) is 5.44. The van der Waals surface area contributed by atoms with Crippen molar-refractivity contribution in [1.29, 1.82) is 0 Å². The molecule has 2 fully saturated rings. The van der Waals surface area contributed by atoms with Crippen molar-refractivity contribution in [2.24, 2.45) is 5.92 Å². The van der Waals surface area contributed by atoms with Gasteiger partial charge in [-0.2, -0.15) is 0 Å². The minimum absolute atomic E-state index is 0.0356. The van der Waals surface area contributed by atoms with Crippen LogP contribution in [0, 0.1) is 5.92 Å². The Morgan fingerprint density at radius 3 is 2.45 bits per heavy atom. The number of para-hydroxylation sites is 1. The molecule has 8 nitrogen and oxygen atoms in total. The topological polar surface area (TPSA) is 90.0 Å². The van der Waals surface area contributed by atoms with Gasteiger partial charge in [-0.05, 0) is 92.8 Å². The van der Waals surface area contributed by atoms with Crippen molar-refractivity contribution in [3.8, 4) is 11.1 Å². The standard InChI is InChI=1S/C39H48N4O4/c1-39(2,3)47-38(45)42-21-19-33(29-10-7-9-28(23-29)27-13-15-31(40)16-14-27)35(26-42)37(44)43(32-17-18-32)25-30-24-41(20-8-22-46-4)36-12-6-5-11-34(30)36/h5-7,9-16,23-24,32-33,35H,8,17-22,25-26,40H2,1-4H3/t33-,35+/m1/s1. The van der Waals surface area contributed by atoms with Crippen LogP contribution in [0.4, 0.5) is 10.5 Å². The Hall–Kier alpha value is -4.30. The first-order valence-electron chi connectivity index (χ1n) is 16.9. The summed E-state index contributed by atoms with van der Waals surface area (Å²) in [6.45, 7) is 8.59. The van der Waals surface area contributed by atoms with E-state index in [2.05, 4.69) is 64.2 Å². The number of benzene rings is 3. The minimum Gasteiger partial charge on any atom is -0.444 e. The van der Waals surface area contributed by atoms with Crippen molar-refractivity contribution in [1.82, 2.24) is 14.4 Å². The van der Waals surface area contributed by atoms with Gasteiger partial charge in [-0.1, -0.05) is 54.6 Å². The highest BCUT2D eigenvalue weighted by Crippen LogP contribution is 2.40. The molecule has 1 saturated heterocycles. The number of fused-ring (bicyclic) bond motifs is 1. The molecule has 1 aliphatic carbocycles. The molecule has 2 amide bonds. The van der Waals surface area contributed by atoms with Gasteiger partial charge in [0.2, 0.25) is 5.91 Å². The molecule has 8 heteroatoms. The van der Waals surface area contributed by atoms with Crippen LogP contribution in [0.5, 0.6) is 0 Å². The number of piperidine rings is 1. The number of likely N-dealkylation sites (tertiary alicyclic amines) is 1. The number of amides is 2. The summed E-state index contributed by atoms with van der Waals surface area (Å²) in [6, 6.07) is 25.0. The monoisotopic (exact) mass is 636 g/mol. The number of aromatic nitrogens is 1. The number of nitrogen functional groups attached to an aromatic ring is 1. The van der Waals surface area contributed by atoms with Gasteiger partial charge >= 0.3 is 6.09 Å². The summed E-state index contributed by atoms with van der Waals surface area (Å²) < 4.78 is 13.4. The molecular formula is C39H48N4O4. The number of carbonyl (C=O) groups excluding carboxylic acids is 2. The van der Waals surface area contributed by atoms with Crippen LogP contribution in [-0.2, 0) is 27.4 Å². The highest BCUT2D eigenvalue weighted by atomic mass is 16.6. The molecule has 4 aromatic rings. The number of aryl methyl sites for hydroxylation is 1. The Labute approximate surface area is 278 Å². The van der Waals surface area contributed by atoms with Crippen LogP contribution in [-0.4, -0.2) is 64.8 Å². The molecule has 1 aliphatic heterocycles. The molecular weight excluding hydrogens is 588 g/mol. The van der Waals surface area contributed by atoms with E-state index in [0.717, 1.165) is 53.7 Å². The van der Waals surface area contributed by atoms with Gasteiger partial charge in [-0.15, -0.1) is 0 Å². The minimum atomic E-state index is -0.613. The maximum absolute atomic E-state index is 14.9. The lowest BCUT2D eigenvalue weighted by atomic mass is 9.79. The number of ether oxygens (including phenoxy) is 2. The van der Waals surface area contributed by atoms with Gasteiger partial charge in [0.25, 0.3) is 0 Å². The van der Waals surface area contributed by atoms with E-state index in [9.17, 15) is 9.59 Å². The van der Waals surface area contributed by atoms with Crippen LogP contribution in [0.2, 0.25) is 0 Å². The number of hydrogen-bond donors (Lipinski definition) is 1. The zero-order chi connectivity index (χ0) is 33.1. The Morgan fingerprint density at radius 2 is 1.72 bits per heavy atom. The molecule has 1 saturated carbocycles. The fourth-order valence-corrected chi connectivity index (χ4v) is 6.90. The molecule has 2 heterocycles. The SMILES string of the molecule is COCCCn1cc(CN(C(=O)[C@H]2CN(C(=O)OC(C)(C)C)CC[C@@H]2c2cccc(-c3ccc(N)cc3)c2)C2CC2)c2ccccc21. The third kappa shape index (κ3) is 7.65. The van der Waals surface area contributed by atoms with Crippen LogP contribution in [0.1, 0.15) is 63.5 Å². The summed E-state index contributed by atoms with van der Waals surface area (Å²) in [5.74, 6) is -0.319. The molecule has 248 valence electrons. The quantitative estimate of drug-likeness (QED) is 0.144. The fourth-order valence-electron chi connectivity index (χ4n) is 6.90. The molecule has 3 aromatic carbocycles. The molecule has 2 aliphatic rings. The molecule has 0 unspecified atom stereocenters. The zero-order valence-electron chi connectivity index (χ0n) is 28.2. The van der Waals surface area contributed by atoms with E-state index >= 15 is 0 Å². The van der Waals surface area contributed by atoms with E-state index in [0.29, 0.717) is 32.7 Å². The third-order valence-corrected chi connectivity index (χ3v) is 9.37. The van der Waals surface area contributed by atoms with E-state index in [4.69, 9.17) is 15.2 Å². The van der Waals surface area contributed by atoms with Crippen molar-refractivity contribution < 1.29 is 19.1 Å². The van der Waals surface area contributed by atoms with Gasteiger partial charge in [0.05, 0.1) is 5.92 Å². The Morgan fingerprint density at radius 1 is 0.957 bits per heavy atom. The number of nitrogens with two attached hydrogens (primary N) is 1. The van der Waals surface area contributed by atoms with Gasteiger partial charge < -0.3 is 29.6 Å². The lowest BCUT2D eigenvalue weighted by Crippen LogP contribution is -2.51. The highest BCUT2D eigenvalue weighted by molar-refractivity contribution is 5.86. The second-order valence-corrected chi connectivity index (χ2v) is 14.1. The van der Waals surface area contributed by atoms with Gasteiger partial charge in [-0.3, -0.25) is 4.79 Å². The Balaban J connectivity index is 1.32. The maximum Gasteiger partial charge on any atom is 0.410 e. The summed E-state index contributed by atoms with van der Waals surface area (Å²) in [5, 5.41) is 1.18. The van der Waals surface area contributed by atoms with Crippen molar-refractivity contribution >= 4 is 28.6 Å². The van der Waals surface area contributed by atoms with Crippen LogP contribution in [0.3, 0.4) is 0 Å². The van der Waals surface area contributed by atoms with Gasteiger partial charge in [0, 0.05) is 68.7 Å². The normalized spacial score (nSPS) is 18.3. The third-order valence-electron chi connectivity index (χ3n) is 9.37. The number of rotatable bonds is 10. The average molecular weight is 637 g/mol. The Kier molecular flexibility index (Phi) is 9.60.